The first-order valence-electron chi connectivity index (χ1n) is 27.2. The second-order valence-corrected chi connectivity index (χ2v) is 17.8. The summed E-state index contributed by atoms with van der Waals surface area (Å²) in [4.78, 5) is 38.0. The maximum Gasteiger partial charge on any atom is 0.306 e. The molecular weight excluding hydrogens is 817 g/mol. The second kappa shape index (κ2) is 53.9. The molecule has 0 heterocycles. The molecule has 1 unspecified atom stereocenters. The Morgan fingerprint density at radius 1 is 0.318 bits per heavy atom. The van der Waals surface area contributed by atoms with Gasteiger partial charge in [-0.15, -0.1) is 0 Å². The van der Waals surface area contributed by atoms with Crippen LogP contribution in [0.3, 0.4) is 0 Å². The van der Waals surface area contributed by atoms with Crippen molar-refractivity contribution in [2.45, 2.75) is 252 Å². The third-order valence-corrected chi connectivity index (χ3v) is 11.3. The highest BCUT2D eigenvalue weighted by Gasteiger charge is 2.19. The monoisotopic (exact) mass is 917 g/mol. The van der Waals surface area contributed by atoms with Crippen LogP contribution in [0, 0.1) is 0 Å². The van der Waals surface area contributed by atoms with Gasteiger partial charge in [-0.2, -0.15) is 0 Å². The summed E-state index contributed by atoms with van der Waals surface area (Å²) in [5, 5.41) is 0. The average molecular weight is 917 g/mol. The van der Waals surface area contributed by atoms with Gasteiger partial charge in [-0.3, -0.25) is 14.4 Å². The van der Waals surface area contributed by atoms with Gasteiger partial charge >= 0.3 is 17.9 Å². The van der Waals surface area contributed by atoms with Gasteiger partial charge in [0, 0.05) is 19.3 Å². The normalized spacial score (nSPS) is 12.8. The fraction of sp³-hybridized carbons (Fsp3) is 0.683. The number of ether oxygens (including phenoxy) is 3. The van der Waals surface area contributed by atoms with Crippen LogP contribution in [0.4, 0.5) is 0 Å². The topological polar surface area (TPSA) is 78.9 Å². The molecule has 0 aliphatic rings. The Bertz CT molecular complexity index is 1330. The van der Waals surface area contributed by atoms with Gasteiger partial charge in [-0.05, 0) is 77.0 Å². The number of carbonyl (C=O) groups is 3. The van der Waals surface area contributed by atoms with Gasteiger partial charge in [0.2, 0.25) is 0 Å². The Morgan fingerprint density at radius 3 is 0.985 bits per heavy atom. The van der Waals surface area contributed by atoms with Gasteiger partial charge in [-0.25, -0.2) is 0 Å². The van der Waals surface area contributed by atoms with Gasteiger partial charge in [0.25, 0.3) is 0 Å². The predicted molar refractivity (Wildman–Crippen MR) is 284 cm³/mol. The van der Waals surface area contributed by atoms with Crippen LogP contribution < -0.4 is 0 Å². The summed E-state index contributed by atoms with van der Waals surface area (Å²) in [5.41, 5.74) is 0. The van der Waals surface area contributed by atoms with Crippen LogP contribution in [-0.4, -0.2) is 37.2 Å². The van der Waals surface area contributed by atoms with Crippen molar-refractivity contribution in [1.82, 2.24) is 0 Å². The van der Waals surface area contributed by atoms with E-state index in [1.807, 2.05) is 18.2 Å². The minimum atomic E-state index is -0.829. The molecule has 0 aromatic carbocycles. The standard InChI is InChI=1S/C60H100O6/c1-4-7-10-13-16-19-22-25-27-29-30-31-33-35-38-41-44-47-50-53-59(62)65-56-57(55-64-58(61)52-49-46-43-40-37-34-24-21-18-15-12-9-6-3)66-60(63)54-51-48-45-42-39-36-32-28-26-23-20-17-14-11-8-5-2/h7,10,16,19,25,27,30-31,34-35,37-38,43-44,46-47,57H,4-6,8-9,11-15,17-18,20-24,26,28-29,32-33,36,39-42,45,48-56H2,1-3H3/b10-7-,19-16-,27-25-,31-30-,37-34-,38-35-,46-43-,47-44-. The molecule has 0 aliphatic carbocycles. The first kappa shape index (κ1) is 62.3. The highest BCUT2D eigenvalue weighted by molar-refractivity contribution is 5.71. The van der Waals surface area contributed by atoms with Gasteiger partial charge in [0.15, 0.2) is 6.10 Å². The molecule has 0 aromatic rings. The van der Waals surface area contributed by atoms with Crippen LogP contribution in [0.5, 0.6) is 0 Å². The summed E-state index contributed by atoms with van der Waals surface area (Å²) in [5.74, 6) is -1.07. The molecule has 0 saturated carbocycles. The van der Waals surface area contributed by atoms with Crippen LogP contribution >= 0.6 is 0 Å². The third kappa shape index (κ3) is 51.3. The maximum atomic E-state index is 12.8. The van der Waals surface area contributed by atoms with Crippen molar-refractivity contribution < 1.29 is 28.6 Å². The minimum absolute atomic E-state index is 0.130. The molecule has 0 bridgehead atoms. The molecule has 0 radical (unpaired) electrons. The van der Waals surface area contributed by atoms with E-state index in [0.717, 1.165) is 70.6 Å². The molecule has 0 N–H and O–H groups in total. The molecule has 0 aliphatic heterocycles. The third-order valence-electron chi connectivity index (χ3n) is 11.3. The summed E-state index contributed by atoms with van der Waals surface area (Å²) in [6.45, 7) is 6.40. The highest BCUT2D eigenvalue weighted by Crippen LogP contribution is 2.15. The van der Waals surface area contributed by atoms with Crippen molar-refractivity contribution in [1.29, 1.82) is 0 Å². The smallest absolute Gasteiger partial charge is 0.306 e. The van der Waals surface area contributed by atoms with E-state index < -0.39 is 6.10 Å². The molecule has 66 heavy (non-hydrogen) atoms. The number of carbonyl (C=O) groups excluding carboxylic acids is 3. The Hall–Kier alpha value is -3.67. The quantitative estimate of drug-likeness (QED) is 0.0262. The first-order chi connectivity index (χ1) is 32.5. The molecule has 0 amide bonds. The lowest BCUT2D eigenvalue weighted by Crippen LogP contribution is -2.30. The van der Waals surface area contributed by atoms with Gasteiger partial charge in [0.05, 0.1) is 0 Å². The Morgan fingerprint density at radius 2 is 0.621 bits per heavy atom. The van der Waals surface area contributed by atoms with E-state index in [4.69, 9.17) is 14.2 Å². The lowest BCUT2D eigenvalue weighted by molar-refractivity contribution is -0.166. The minimum Gasteiger partial charge on any atom is -0.462 e. The zero-order valence-corrected chi connectivity index (χ0v) is 42.9. The summed E-state index contributed by atoms with van der Waals surface area (Å²) < 4.78 is 16.7. The summed E-state index contributed by atoms with van der Waals surface area (Å²) >= 11 is 0. The van der Waals surface area contributed by atoms with Gasteiger partial charge in [-0.1, -0.05) is 246 Å². The molecule has 0 spiro atoms. The van der Waals surface area contributed by atoms with E-state index in [-0.39, 0.29) is 44.0 Å². The largest absolute Gasteiger partial charge is 0.462 e. The molecule has 0 rings (SSSR count). The van der Waals surface area contributed by atoms with Crippen LogP contribution in [-0.2, 0) is 28.6 Å². The molecule has 0 saturated heterocycles. The average Bonchev–Trinajstić information content (AvgIpc) is 3.31. The molecule has 6 nitrogen and oxygen atoms in total. The van der Waals surface area contributed by atoms with E-state index in [2.05, 4.69) is 99.8 Å². The Labute approximate surface area is 407 Å². The fourth-order valence-electron chi connectivity index (χ4n) is 7.29. The Kier molecular flexibility index (Phi) is 50.9. The predicted octanol–water partition coefficient (Wildman–Crippen LogP) is 18.1. The van der Waals surface area contributed by atoms with Gasteiger partial charge < -0.3 is 14.2 Å². The number of esters is 3. The second-order valence-electron chi connectivity index (χ2n) is 17.8. The summed E-state index contributed by atoms with van der Waals surface area (Å²) in [6, 6.07) is 0. The molecule has 1 atom stereocenters. The van der Waals surface area contributed by atoms with Crippen molar-refractivity contribution in [3.8, 4) is 0 Å². The lowest BCUT2D eigenvalue weighted by atomic mass is 10.0. The number of allylic oxidation sites excluding steroid dienone is 16. The Balaban J connectivity index is 4.54. The van der Waals surface area contributed by atoms with Crippen molar-refractivity contribution >= 4 is 17.9 Å². The molecular formula is C60H100O6. The van der Waals surface area contributed by atoms with Crippen molar-refractivity contribution in [3.05, 3.63) is 97.2 Å². The van der Waals surface area contributed by atoms with E-state index >= 15 is 0 Å². The fourth-order valence-corrected chi connectivity index (χ4v) is 7.29. The zero-order valence-electron chi connectivity index (χ0n) is 42.9. The molecule has 376 valence electrons. The number of rotatable bonds is 48. The summed E-state index contributed by atoms with van der Waals surface area (Å²) in [6.07, 6.45) is 71.3. The van der Waals surface area contributed by atoms with Crippen molar-refractivity contribution in [3.63, 3.8) is 0 Å². The van der Waals surface area contributed by atoms with Crippen LogP contribution in [0.25, 0.3) is 0 Å². The SMILES string of the molecule is CC/C=C\C/C=C\C/C=C\C/C=C\C/C=C\C/C=C\CCC(=O)OCC(COC(=O)CC/C=C\C/C=C\CCCCCCCC)OC(=O)CCCCCCCCCCCCCCCCCC. The van der Waals surface area contributed by atoms with E-state index in [9.17, 15) is 14.4 Å². The molecule has 6 heteroatoms. The van der Waals surface area contributed by atoms with Gasteiger partial charge in [0.1, 0.15) is 13.2 Å². The maximum absolute atomic E-state index is 12.8. The number of hydrogen-bond acceptors (Lipinski definition) is 6. The number of hydrogen-bond donors (Lipinski definition) is 0. The van der Waals surface area contributed by atoms with E-state index in [0.29, 0.717) is 19.3 Å². The van der Waals surface area contributed by atoms with Crippen LogP contribution in [0.1, 0.15) is 245 Å². The summed E-state index contributed by atoms with van der Waals surface area (Å²) in [7, 11) is 0. The zero-order chi connectivity index (χ0) is 47.9. The van der Waals surface area contributed by atoms with Crippen LogP contribution in [0.15, 0.2) is 97.2 Å². The lowest BCUT2D eigenvalue weighted by Gasteiger charge is -2.18. The molecule has 0 aromatic heterocycles. The van der Waals surface area contributed by atoms with E-state index in [1.54, 1.807) is 0 Å². The highest BCUT2D eigenvalue weighted by atomic mass is 16.6. The number of unbranched alkanes of at least 4 members (excludes halogenated alkanes) is 21. The van der Waals surface area contributed by atoms with Crippen LogP contribution in [0.2, 0.25) is 0 Å². The van der Waals surface area contributed by atoms with E-state index in [1.165, 1.54) is 122 Å². The first-order valence-corrected chi connectivity index (χ1v) is 27.2. The molecule has 0 fully saturated rings. The van der Waals surface area contributed by atoms with Crippen molar-refractivity contribution in [2.75, 3.05) is 13.2 Å². The van der Waals surface area contributed by atoms with Crippen molar-refractivity contribution in [2.24, 2.45) is 0 Å².